The van der Waals surface area contributed by atoms with Crippen LogP contribution < -0.4 is 0 Å². The van der Waals surface area contributed by atoms with E-state index in [1.165, 1.54) is 0 Å². The van der Waals surface area contributed by atoms with E-state index in [0.717, 1.165) is 0 Å². The summed E-state index contributed by atoms with van der Waals surface area (Å²) in [5.41, 5.74) is 0.482. The van der Waals surface area contributed by atoms with Crippen molar-refractivity contribution in [2.45, 2.75) is 10.8 Å². The van der Waals surface area contributed by atoms with Crippen LogP contribution in [-0.2, 0) is 0 Å². The maximum atomic E-state index is 11.3. The van der Waals surface area contributed by atoms with Crippen molar-refractivity contribution in [3.05, 3.63) is 11.9 Å². The standard InChI is InChI=1S/C4H3Cl2F/c5-4(6)1-3(4)2-7/h2H,1H2/b3-2-. The molecule has 40 valence electrons. The first-order valence-electron chi connectivity index (χ1n) is 1.84. The number of hydrogen-bond donors (Lipinski definition) is 0. The summed E-state index contributed by atoms with van der Waals surface area (Å²) in [6.45, 7) is 0. The third-order valence-corrected chi connectivity index (χ3v) is 1.64. The van der Waals surface area contributed by atoms with Crippen molar-refractivity contribution in [3.63, 3.8) is 0 Å². The molecule has 7 heavy (non-hydrogen) atoms. The Bertz CT molecular complexity index is 117. The molecule has 0 atom stereocenters. The zero-order valence-corrected chi connectivity index (χ0v) is 4.93. The van der Waals surface area contributed by atoms with Crippen molar-refractivity contribution in [1.29, 1.82) is 0 Å². The Hall–Kier alpha value is 0.250. The monoisotopic (exact) mass is 140 g/mol. The van der Waals surface area contributed by atoms with Crippen LogP contribution in [0, 0.1) is 0 Å². The lowest BCUT2D eigenvalue weighted by Crippen LogP contribution is -1.76. The Balaban J connectivity index is 2.61. The molecule has 1 aliphatic rings. The summed E-state index contributed by atoms with van der Waals surface area (Å²) in [4.78, 5) is 0. The molecular formula is C4H3Cl2F. The van der Waals surface area contributed by atoms with Gasteiger partial charge in [-0.25, -0.2) is 4.39 Å². The number of halogens is 3. The van der Waals surface area contributed by atoms with E-state index in [1.807, 2.05) is 0 Å². The molecule has 3 heteroatoms. The predicted octanol–water partition coefficient (Wildman–Crippen LogP) is 2.42. The lowest BCUT2D eigenvalue weighted by molar-refractivity contribution is 0.717. The van der Waals surface area contributed by atoms with Crippen LogP contribution >= 0.6 is 23.2 Å². The average Bonchev–Trinajstić information content (AvgIpc) is 2.13. The van der Waals surface area contributed by atoms with Gasteiger partial charge < -0.3 is 0 Å². The number of rotatable bonds is 0. The van der Waals surface area contributed by atoms with E-state index in [-0.39, 0.29) is 0 Å². The second-order valence-electron chi connectivity index (χ2n) is 1.52. The van der Waals surface area contributed by atoms with Gasteiger partial charge in [0.15, 0.2) is 0 Å². The van der Waals surface area contributed by atoms with E-state index in [2.05, 4.69) is 0 Å². The maximum absolute atomic E-state index is 11.3. The minimum absolute atomic E-state index is 0.458. The third kappa shape index (κ3) is 0.892. The van der Waals surface area contributed by atoms with E-state index < -0.39 is 4.33 Å². The molecular weight excluding hydrogens is 138 g/mol. The van der Waals surface area contributed by atoms with Crippen LogP contribution in [0.1, 0.15) is 6.42 Å². The summed E-state index contributed by atoms with van der Waals surface area (Å²) in [6.07, 6.45) is 0.937. The zero-order valence-electron chi connectivity index (χ0n) is 3.42. The molecule has 1 rings (SSSR count). The first-order chi connectivity index (χ1) is 3.17. The van der Waals surface area contributed by atoms with Crippen molar-refractivity contribution >= 4 is 23.2 Å². The summed E-state index contributed by atoms with van der Waals surface area (Å²) >= 11 is 10.7. The van der Waals surface area contributed by atoms with Gasteiger partial charge >= 0.3 is 0 Å². The Morgan fingerprint density at radius 2 is 2.14 bits per heavy atom. The topological polar surface area (TPSA) is 0 Å². The highest BCUT2D eigenvalue weighted by atomic mass is 35.5. The highest BCUT2D eigenvalue weighted by molar-refractivity contribution is 6.53. The van der Waals surface area contributed by atoms with Gasteiger partial charge in [0.05, 0.1) is 6.33 Å². The van der Waals surface area contributed by atoms with Crippen molar-refractivity contribution in [1.82, 2.24) is 0 Å². The Kier molecular flexibility index (Phi) is 1.05. The number of hydrogen-bond acceptors (Lipinski definition) is 0. The molecule has 0 spiro atoms. The molecule has 0 nitrogen and oxygen atoms in total. The van der Waals surface area contributed by atoms with Gasteiger partial charge in [-0.05, 0) is 5.57 Å². The second-order valence-corrected chi connectivity index (χ2v) is 3.00. The van der Waals surface area contributed by atoms with Crippen molar-refractivity contribution in [2.75, 3.05) is 0 Å². The van der Waals surface area contributed by atoms with Crippen LogP contribution in [0.5, 0.6) is 0 Å². The first-order valence-corrected chi connectivity index (χ1v) is 2.60. The fourth-order valence-electron chi connectivity index (χ4n) is 0.313. The van der Waals surface area contributed by atoms with Gasteiger partial charge in [0.2, 0.25) is 0 Å². The Morgan fingerprint density at radius 1 is 1.71 bits per heavy atom. The van der Waals surface area contributed by atoms with Crippen molar-refractivity contribution < 1.29 is 4.39 Å². The molecule has 0 amide bonds. The number of alkyl halides is 2. The molecule has 1 saturated carbocycles. The zero-order chi connectivity index (χ0) is 5.49. The minimum Gasteiger partial charge on any atom is -0.215 e. The van der Waals surface area contributed by atoms with Crippen LogP contribution in [0.3, 0.4) is 0 Å². The maximum Gasteiger partial charge on any atom is 0.145 e. The molecule has 0 aromatic carbocycles. The molecule has 0 unspecified atom stereocenters. The summed E-state index contributed by atoms with van der Waals surface area (Å²) in [6, 6.07) is 0. The lowest BCUT2D eigenvalue weighted by atomic mass is 10.7. The molecule has 0 aliphatic heterocycles. The molecule has 1 aliphatic carbocycles. The fourth-order valence-corrected chi connectivity index (χ4v) is 0.684. The van der Waals surface area contributed by atoms with Gasteiger partial charge in [-0.2, -0.15) is 0 Å². The third-order valence-electron chi connectivity index (χ3n) is 0.889. The minimum atomic E-state index is -0.852. The molecule has 0 aromatic heterocycles. The predicted molar refractivity (Wildman–Crippen MR) is 28.2 cm³/mol. The van der Waals surface area contributed by atoms with Crippen LogP contribution in [0.15, 0.2) is 11.9 Å². The van der Waals surface area contributed by atoms with Crippen molar-refractivity contribution in [3.8, 4) is 0 Å². The largest absolute Gasteiger partial charge is 0.215 e. The van der Waals surface area contributed by atoms with Crippen molar-refractivity contribution in [2.24, 2.45) is 0 Å². The summed E-state index contributed by atoms with van der Waals surface area (Å²) < 4.78 is 10.5. The molecule has 1 fully saturated rings. The fraction of sp³-hybridized carbons (Fsp3) is 0.500. The van der Waals surface area contributed by atoms with Gasteiger partial charge in [0.1, 0.15) is 4.33 Å². The second kappa shape index (κ2) is 1.36. The molecule has 0 bridgehead atoms. The van der Waals surface area contributed by atoms with Gasteiger partial charge in [-0.3, -0.25) is 0 Å². The van der Waals surface area contributed by atoms with E-state index in [0.29, 0.717) is 18.3 Å². The first kappa shape index (κ1) is 5.39. The Labute approximate surface area is 50.9 Å². The molecule has 0 saturated heterocycles. The van der Waals surface area contributed by atoms with Crippen LogP contribution in [0.4, 0.5) is 4.39 Å². The van der Waals surface area contributed by atoms with E-state index >= 15 is 0 Å². The van der Waals surface area contributed by atoms with Gasteiger partial charge in [-0.15, -0.1) is 0 Å². The van der Waals surface area contributed by atoms with Crippen LogP contribution in [0.25, 0.3) is 0 Å². The SMILES string of the molecule is F/C=C1/CC1(Cl)Cl. The summed E-state index contributed by atoms with van der Waals surface area (Å²) in [5, 5.41) is 0. The molecule has 0 radical (unpaired) electrons. The van der Waals surface area contributed by atoms with Gasteiger partial charge in [-0.1, -0.05) is 23.2 Å². The normalized spacial score (nSPS) is 31.0. The highest BCUT2D eigenvalue weighted by Gasteiger charge is 2.45. The summed E-state index contributed by atoms with van der Waals surface area (Å²) in [5.74, 6) is 0. The quantitative estimate of drug-likeness (QED) is 0.454. The van der Waals surface area contributed by atoms with Crippen LogP contribution in [-0.4, -0.2) is 4.33 Å². The van der Waals surface area contributed by atoms with Crippen LogP contribution in [0.2, 0.25) is 0 Å². The highest BCUT2D eigenvalue weighted by Crippen LogP contribution is 2.52. The van der Waals surface area contributed by atoms with E-state index in [9.17, 15) is 4.39 Å². The summed E-state index contributed by atoms with van der Waals surface area (Å²) in [7, 11) is 0. The average molecular weight is 141 g/mol. The Morgan fingerprint density at radius 3 is 2.14 bits per heavy atom. The number of allylic oxidation sites excluding steroid dienone is 1. The molecule has 0 heterocycles. The molecule has 0 aromatic rings. The molecule has 0 N–H and O–H groups in total. The van der Waals surface area contributed by atoms with Gasteiger partial charge in [0, 0.05) is 6.42 Å². The lowest BCUT2D eigenvalue weighted by Gasteiger charge is -1.81. The van der Waals surface area contributed by atoms with Gasteiger partial charge in [0.25, 0.3) is 0 Å². The smallest absolute Gasteiger partial charge is 0.145 e. The van der Waals surface area contributed by atoms with E-state index in [4.69, 9.17) is 23.2 Å². The van der Waals surface area contributed by atoms with E-state index in [1.54, 1.807) is 0 Å².